The molecule has 94 valence electrons. The lowest BCUT2D eigenvalue weighted by molar-refractivity contribution is -0.139. The summed E-state index contributed by atoms with van der Waals surface area (Å²) in [5.41, 5.74) is 0. The average molecular weight is 269 g/mol. The molecule has 0 aliphatic heterocycles. The fraction of sp³-hybridized carbons (Fsp3) is 0.333. The third-order valence-corrected chi connectivity index (χ3v) is 1.85. The van der Waals surface area contributed by atoms with Crippen LogP contribution in [0.5, 0.6) is 5.75 Å². The smallest absolute Gasteiger partial charge is 0.405 e. The highest BCUT2D eigenvalue weighted by atomic mass is 35.5. The topological polar surface area (TPSA) is 51.2 Å². The molecule has 0 saturated heterocycles. The summed E-state index contributed by atoms with van der Waals surface area (Å²) in [4.78, 5) is 14.6. The van der Waals surface area contributed by atoms with Crippen molar-refractivity contribution in [3.63, 3.8) is 0 Å². The van der Waals surface area contributed by atoms with E-state index in [1.54, 1.807) is 5.32 Å². The Morgan fingerprint density at radius 2 is 2.24 bits per heavy atom. The van der Waals surface area contributed by atoms with Gasteiger partial charge in [-0.15, -0.1) is 0 Å². The number of nitrogens with one attached hydrogen (secondary N) is 1. The molecule has 4 nitrogen and oxygen atoms in total. The van der Waals surface area contributed by atoms with E-state index in [4.69, 9.17) is 16.3 Å². The first-order valence-corrected chi connectivity index (χ1v) is 4.83. The van der Waals surface area contributed by atoms with E-state index in [1.807, 2.05) is 0 Å². The Morgan fingerprint density at radius 1 is 1.53 bits per heavy atom. The minimum absolute atomic E-state index is 0.0381. The fourth-order valence-corrected chi connectivity index (χ4v) is 1.05. The van der Waals surface area contributed by atoms with Crippen LogP contribution in [0.1, 0.15) is 0 Å². The molecule has 0 spiro atoms. The maximum absolute atomic E-state index is 11.8. The van der Waals surface area contributed by atoms with Gasteiger partial charge in [-0.3, -0.25) is 4.79 Å². The van der Waals surface area contributed by atoms with Crippen molar-refractivity contribution in [1.29, 1.82) is 0 Å². The number of halogens is 4. The Bertz CT molecular complexity index is 398. The van der Waals surface area contributed by atoms with Crippen LogP contribution >= 0.6 is 11.6 Å². The molecule has 8 heteroatoms. The van der Waals surface area contributed by atoms with Crippen molar-refractivity contribution in [3.05, 3.63) is 23.5 Å². The molecule has 1 aromatic rings. The second-order valence-electron chi connectivity index (χ2n) is 2.97. The summed E-state index contributed by atoms with van der Waals surface area (Å²) in [5.74, 6) is -0.751. The van der Waals surface area contributed by atoms with Gasteiger partial charge in [0.25, 0.3) is 5.91 Å². The Labute approximate surface area is 99.7 Å². The third-order valence-electron chi connectivity index (χ3n) is 1.57. The predicted molar refractivity (Wildman–Crippen MR) is 53.8 cm³/mol. The maximum atomic E-state index is 11.8. The van der Waals surface area contributed by atoms with E-state index in [9.17, 15) is 18.0 Å². The number of amides is 1. The molecule has 1 amide bonds. The lowest BCUT2D eigenvalue weighted by Gasteiger charge is -2.09. The Hall–Kier alpha value is -1.50. The lowest BCUT2D eigenvalue weighted by Crippen LogP contribution is -2.36. The van der Waals surface area contributed by atoms with Gasteiger partial charge >= 0.3 is 6.18 Å². The van der Waals surface area contributed by atoms with E-state index in [-0.39, 0.29) is 10.9 Å². The van der Waals surface area contributed by atoms with E-state index < -0.39 is 25.2 Å². The van der Waals surface area contributed by atoms with Crippen molar-refractivity contribution in [2.24, 2.45) is 0 Å². The first kappa shape index (κ1) is 13.6. The summed E-state index contributed by atoms with van der Waals surface area (Å²) < 4.78 is 40.2. The molecule has 0 aliphatic rings. The molecule has 1 rings (SSSR count). The van der Waals surface area contributed by atoms with Gasteiger partial charge in [0.2, 0.25) is 0 Å². The zero-order valence-corrected chi connectivity index (χ0v) is 9.18. The van der Waals surface area contributed by atoms with Crippen LogP contribution in [0, 0.1) is 0 Å². The van der Waals surface area contributed by atoms with Crippen molar-refractivity contribution in [3.8, 4) is 5.75 Å². The van der Waals surface area contributed by atoms with Crippen molar-refractivity contribution < 1.29 is 22.7 Å². The quantitative estimate of drug-likeness (QED) is 0.847. The number of rotatable bonds is 4. The monoisotopic (exact) mass is 268 g/mol. The number of ether oxygens (including phenoxy) is 1. The molecule has 1 aromatic heterocycles. The van der Waals surface area contributed by atoms with E-state index >= 15 is 0 Å². The summed E-state index contributed by atoms with van der Waals surface area (Å²) in [5, 5.41) is 1.70. The number of aromatic nitrogens is 1. The van der Waals surface area contributed by atoms with Crippen molar-refractivity contribution >= 4 is 17.5 Å². The van der Waals surface area contributed by atoms with Crippen molar-refractivity contribution in [2.45, 2.75) is 6.18 Å². The standard InChI is InChI=1S/C9H8ClF3N2O2/c10-8-6(2-1-3-14-8)17-4-7(16)15-5-9(11,12)13/h1-3H,4-5H2,(H,15,16). The molecule has 0 radical (unpaired) electrons. The average Bonchev–Trinajstić information content (AvgIpc) is 2.24. The van der Waals surface area contributed by atoms with Crippen LogP contribution in [0.15, 0.2) is 18.3 Å². The molecule has 0 fully saturated rings. The summed E-state index contributed by atoms with van der Waals surface area (Å²) >= 11 is 5.61. The second kappa shape index (κ2) is 5.72. The zero-order chi connectivity index (χ0) is 12.9. The molecule has 0 aromatic carbocycles. The van der Waals surface area contributed by atoms with Crippen LogP contribution in [0.3, 0.4) is 0 Å². The first-order valence-electron chi connectivity index (χ1n) is 4.45. The molecule has 0 saturated carbocycles. The van der Waals surface area contributed by atoms with Crippen LogP contribution in [-0.2, 0) is 4.79 Å². The molecule has 0 aliphatic carbocycles. The number of hydrogen-bond donors (Lipinski definition) is 1. The number of carbonyl (C=O) groups excluding carboxylic acids is 1. The molecule has 1 N–H and O–H groups in total. The summed E-state index contributed by atoms with van der Waals surface area (Å²) in [6.07, 6.45) is -3.03. The molecule has 1 heterocycles. The van der Waals surface area contributed by atoms with Crippen molar-refractivity contribution in [1.82, 2.24) is 10.3 Å². The van der Waals surface area contributed by atoms with E-state index in [1.165, 1.54) is 18.3 Å². The van der Waals surface area contributed by atoms with Crippen LogP contribution in [0.4, 0.5) is 13.2 Å². The van der Waals surface area contributed by atoms with Gasteiger partial charge in [0.05, 0.1) is 0 Å². The highest BCUT2D eigenvalue weighted by Crippen LogP contribution is 2.20. The van der Waals surface area contributed by atoms with Crippen LogP contribution in [0.25, 0.3) is 0 Å². The van der Waals surface area contributed by atoms with Crippen molar-refractivity contribution in [2.75, 3.05) is 13.2 Å². The minimum Gasteiger partial charge on any atom is -0.481 e. The summed E-state index contributed by atoms with van der Waals surface area (Å²) in [6.45, 7) is -1.95. The molecular formula is C9H8ClF3N2O2. The molecular weight excluding hydrogens is 261 g/mol. The Kier molecular flexibility index (Phi) is 4.56. The maximum Gasteiger partial charge on any atom is 0.405 e. The molecule has 0 unspecified atom stereocenters. The number of carbonyl (C=O) groups is 1. The fourth-order valence-electron chi connectivity index (χ4n) is 0.872. The number of pyridine rings is 1. The van der Waals surface area contributed by atoms with Crippen LogP contribution in [0.2, 0.25) is 5.15 Å². The molecule has 17 heavy (non-hydrogen) atoms. The van der Waals surface area contributed by atoms with Gasteiger partial charge in [0.1, 0.15) is 6.54 Å². The zero-order valence-electron chi connectivity index (χ0n) is 8.42. The van der Waals surface area contributed by atoms with Gasteiger partial charge in [0.15, 0.2) is 17.5 Å². The van der Waals surface area contributed by atoms with Gasteiger partial charge in [-0.05, 0) is 12.1 Å². The number of alkyl halides is 3. The van der Waals surface area contributed by atoms with E-state index in [2.05, 4.69) is 4.98 Å². The van der Waals surface area contributed by atoms with Gasteiger partial charge in [-0.25, -0.2) is 4.98 Å². The van der Waals surface area contributed by atoms with E-state index in [0.717, 1.165) is 0 Å². The number of hydrogen-bond acceptors (Lipinski definition) is 3. The third kappa shape index (κ3) is 5.39. The Balaban J connectivity index is 2.36. The molecule has 0 bridgehead atoms. The lowest BCUT2D eigenvalue weighted by atomic mass is 10.4. The highest BCUT2D eigenvalue weighted by molar-refractivity contribution is 6.30. The van der Waals surface area contributed by atoms with Gasteiger partial charge in [-0.1, -0.05) is 11.6 Å². The summed E-state index contributed by atoms with van der Waals surface area (Å²) in [7, 11) is 0. The number of nitrogens with zero attached hydrogens (tertiary/aromatic N) is 1. The SMILES string of the molecule is O=C(COc1cccnc1Cl)NCC(F)(F)F. The highest BCUT2D eigenvalue weighted by Gasteiger charge is 2.27. The first-order chi connectivity index (χ1) is 7.88. The minimum atomic E-state index is -4.44. The second-order valence-corrected chi connectivity index (χ2v) is 3.33. The summed E-state index contributed by atoms with van der Waals surface area (Å²) in [6, 6.07) is 2.97. The van der Waals surface area contributed by atoms with E-state index in [0.29, 0.717) is 0 Å². The van der Waals surface area contributed by atoms with Gasteiger partial charge in [-0.2, -0.15) is 13.2 Å². The predicted octanol–water partition coefficient (Wildman–Crippen LogP) is 1.79. The van der Waals surface area contributed by atoms with Crippen LogP contribution in [-0.4, -0.2) is 30.2 Å². The van der Waals surface area contributed by atoms with Gasteiger partial charge < -0.3 is 10.1 Å². The van der Waals surface area contributed by atoms with Gasteiger partial charge in [0, 0.05) is 6.20 Å². The normalized spacial score (nSPS) is 11.1. The van der Waals surface area contributed by atoms with Crippen LogP contribution < -0.4 is 10.1 Å². The Morgan fingerprint density at radius 3 is 2.82 bits per heavy atom. The largest absolute Gasteiger partial charge is 0.481 e. The molecule has 0 atom stereocenters.